The first-order valence-electron chi connectivity index (χ1n) is 6.56. The second-order valence-electron chi connectivity index (χ2n) is 5.14. The standard InChI is InChI=1S/C12H23N3O3.HI/c1-10-8-15(4-7-18-10)11(13)14-9-12(16)2-5-17-6-3-12;/h10,16H,2-9H2,1H3,(H2,13,14);1H. The fraction of sp³-hybridized carbons (Fsp3) is 0.917. The molecule has 6 nitrogen and oxygen atoms in total. The molecule has 112 valence electrons. The number of nitrogens with zero attached hydrogens (tertiary/aromatic N) is 2. The molecule has 0 aromatic carbocycles. The van der Waals surface area contributed by atoms with Crippen LogP contribution in [0.1, 0.15) is 19.8 Å². The third kappa shape index (κ3) is 5.05. The maximum atomic E-state index is 10.3. The summed E-state index contributed by atoms with van der Waals surface area (Å²) in [6.07, 6.45) is 1.44. The Morgan fingerprint density at radius 3 is 2.74 bits per heavy atom. The van der Waals surface area contributed by atoms with Gasteiger partial charge in [-0.2, -0.15) is 0 Å². The highest BCUT2D eigenvalue weighted by Crippen LogP contribution is 2.20. The van der Waals surface area contributed by atoms with E-state index in [-0.39, 0.29) is 30.1 Å². The lowest BCUT2D eigenvalue weighted by Crippen LogP contribution is -2.48. The van der Waals surface area contributed by atoms with E-state index < -0.39 is 5.60 Å². The minimum absolute atomic E-state index is 0. The van der Waals surface area contributed by atoms with Gasteiger partial charge in [-0.25, -0.2) is 0 Å². The predicted octanol–water partition coefficient (Wildman–Crippen LogP) is 0.181. The van der Waals surface area contributed by atoms with Crippen molar-refractivity contribution in [3.8, 4) is 0 Å². The molecular weight excluding hydrogens is 361 g/mol. The Morgan fingerprint density at radius 1 is 1.42 bits per heavy atom. The van der Waals surface area contributed by atoms with Gasteiger partial charge in [0, 0.05) is 39.1 Å². The van der Waals surface area contributed by atoms with Crippen LogP contribution in [-0.4, -0.2) is 67.1 Å². The molecule has 2 rings (SSSR count). The topological polar surface area (TPSA) is 80.3 Å². The molecule has 0 aromatic rings. The number of rotatable bonds is 2. The Labute approximate surface area is 131 Å². The van der Waals surface area contributed by atoms with E-state index in [4.69, 9.17) is 15.2 Å². The molecule has 2 saturated heterocycles. The molecule has 0 aromatic heterocycles. The van der Waals surface area contributed by atoms with E-state index in [2.05, 4.69) is 4.99 Å². The maximum absolute atomic E-state index is 10.3. The molecule has 2 aliphatic heterocycles. The van der Waals surface area contributed by atoms with Gasteiger partial charge in [0.2, 0.25) is 0 Å². The monoisotopic (exact) mass is 385 g/mol. The van der Waals surface area contributed by atoms with E-state index in [9.17, 15) is 5.11 Å². The molecule has 0 spiro atoms. The van der Waals surface area contributed by atoms with E-state index in [0.29, 0.717) is 45.2 Å². The zero-order valence-electron chi connectivity index (χ0n) is 11.4. The van der Waals surface area contributed by atoms with Gasteiger partial charge < -0.3 is 25.2 Å². The van der Waals surface area contributed by atoms with Gasteiger partial charge in [-0.1, -0.05) is 0 Å². The summed E-state index contributed by atoms with van der Waals surface area (Å²) in [5, 5.41) is 10.3. The summed E-state index contributed by atoms with van der Waals surface area (Å²) in [5.74, 6) is 0.505. The van der Waals surface area contributed by atoms with Crippen molar-refractivity contribution >= 4 is 29.9 Å². The van der Waals surface area contributed by atoms with E-state index in [1.165, 1.54) is 0 Å². The first-order chi connectivity index (χ1) is 8.59. The van der Waals surface area contributed by atoms with Gasteiger partial charge >= 0.3 is 0 Å². The summed E-state index contributed by atoms with van der Waals surface area (Å²) in [7, 11) is 0. The molecule has 3 N–H and O–H groups in total. The number of nitrogens with two attached hydrogens (primary N) is 1. The van der Waals surface area contributed by atoms with Crippen LogP contribution in [0.3, 0.4) is 0 Å². The first kappa shape index (κ1) is 16.9. The Balaban J connectivity index is 0.00000180. The van der Waals surface area contributed by atoms with Crippen LogP contribution in [-0.2, 0) is 9.47 Å². The van der Waals surface area contributed by atoms with Gasteiger partial charge in [0.1, 0.15) is 0 Å². The van der Waals surface area contributed by atoms with E-state index >= 15 is 0 Å². The zero-order valence-corrected chi connectivity index (χ0v) is 13.7. The number of aliphatic imine (C=N–C) groups is 1. The molecule has 1 atom stereocenters. The third-order valence-electron chi connectivity index (χ3n) is 3.52. The van der Waals surface area contributed by atoms with Gasteiger partial charge in [-0.15, -0.1) is 24.0 Å². The number of hydrogen-bond donors (Lipinski definition) is 2. The number of halogens is 1. The lowest BCUT2D eigenvalue weighted by atomic mass is 9.95. The highest BCUT2D eigenvalue weighted by molar-refractivity contribution is 14.0. The molecule has 1 unspecified atom stereocenters. The summed E-state index contributed by atoms with van der Waals surface area (Å²) in [4.78, 5) is 6.35. The van der Waals surface area contributed by atoms with Crippen LogP contribution in [0.5, 0.6) is 0 Å². The average Bonchev–Trinajstić information content (AvgIpc) is 2.37. The molecule has 0 aliphatic carbocycles. The number of morpholine rings is 1. The minimum Gasteiger partial charge on any atom is -0.388 e. The quantitative estimate of drug-likeness (QED) is 0.403. The number of ether oxygens (including phenoxy) is 2. The highest BCUT2D eigenvalue weighted by Gasteiger charge is 2.30. The molecule has 2 fully saturated rings. The third-order valence-corrected chi connectivity index (χ3v) is 3.52. The summed E-state index contributed by atoms with van der Waals surface area (Å²) in [6.45, 7) is 5.77. The highest BCUT2D eigenvalue weighted by atomic mass is 127. The number of guanidine groups is 1. The largest absolute Gasteiger partial charge is 0.388 e. The minimum atomic E-state index is -0.749. The lowest BCUT2D eigenvalue weighted by Gasteiger charge is -2.33. The van der Waals surface area contributed by atoms with Crippen molar-refractivity contribution in [2.75, 3.05) is 39.5 Å². The fourth-order valence-electron chi connectivity index (χ4n) is 2.26. The number of aliphatic hydroxyl groups is 1. The van der Waals surface area contributed by atoms with Crippen LogP contribution in [0.25, 0.3) is 0 Å². The van der Waals surface area contributed by atoms with Crippen LogP contribution in [0.4, 0.5) is 0 Å². The Hall–Kier alpha value is -0.120. The van der Waals surface area contributed by atoms with E-state index in [0.717, 1.165) is 13.1 Å². The summed E-state index contributed by atoms with van der Waals surface area (Å²) < 4.78 is 10.7. The second-order valence-corrected chi connectivity index (χ2v) is 5.14. The van der Waals surface area contributed by atoms with E-state index in [1.807, 2.05) is 11.8 Å². The zero-order chi connectivity index (χ0) is 13.0. The smallest absolute Gasteiger partial charge is 0.191 e. The van der Waals surface area contributed by atoms with Crippen LogP contribution in [0.15, 0.2) is 4.99 Å². The van der Waals surface area contributed by atoms with E-state index in [1.54, 1.807) is 0 Å². The fourth-order valence-corrected chi connectivity index (χ4v) is 2.26. The Bertz CT molecular complexity index is 309. The normalized spacial score (nSPS) is 27.8. The average molecular weight is 385 g/mol. The molecule has 7 heteroatoms. The van der Waals surface area contributed by atoms with Crippen molar-refractivity contribution in [2.45, 2.75) is 31.5 Å². The molecular formula is C12H24IN3O3. The van der Waals surface area contributed by atoms with Crippen molar-refractivity contribution in [3.05, 3.63) is 0 Å². The van der Waals surface area contributed by atoms with Crippen LogP contribution >= 0.6 is 24.0 Å². The van der Waals surface area contributed by atoms with Crippen LogP contribution in [0, 0.1) is 0 Å². The summed E-state index contributed by atoms with van der Waals surface area (Å²) in [6, 6.07) is 0. The molecule has 0 radical (unpaired) electrons. The van der Waals surface area contributed by atoms with Crippen LogP contribution in [0.2, 0.25) is 0 Å². The van der Waals surface area contributed by atoms with Crippen molar-refractivity contribution in [2.24, 2.45) is 10.7 Å². The number of hydrogen-bond acceptors (Lipinski definition) is 4. The Morgan fingerprint density at radius 2 is 2.11 bits per heavy atom. The van der Waals surface area contributed by atoms with Crippen molar-refractivity contribution in [1.82, 2.24) is 4.90 Å². The second kappa shape index (κ2) is 7.61. The van der Waals surface area contributed by atoms with Crippen molar-refractivity contribution in [3.63, 3.8) is 0 Å². The van der Waals surface area contributed by atoms with Crippen molar-refractivity contribution in [1.29, 1.82) is 0 Å². The van der Waals surface area contributed by atoms with Gasteiger partial charge in [-0.05, 0) is 6.92 Å². The molecule has 0 saturated carbocycles. The lowest BCUT2D eigenvalue weighted by molar-refractivity contribution is -0.0567. The predicted molar refractivity (Wildman–Crippen MR) is 83.9 cm³/mol. The Kier molecular flexibility index (Phi) is 6.78. The summed E-state index contributed by atoms with van der Waals surface area (Å²) >= 11 is 0. The molecule has 0 bridgehead atoms. The molecule has 19 heavy (non-hydrogen) atoms. The van der Waals surface area contributed by atoms with Gasteiger partial charge in [0.05, 0.1) is 24.9 Å². The van der Waals surface area contributed by atoms with Crippen molar-refractivity contribution < 1.29 is 14.6 Å². The van der Waals surface area contributed by atoms with Gasteiger partial charge in [0.25, 0.3) is 0 Å². The SMILES string of the molecule is CC1CN(C(N)=NCC2(O)CCOCC2)CCO1.I. The molecule has 0 amide bonds. The van der Waals surface area contributed by atoms with Crippen LogP contribution < -0.4 is 5.73 Å². The first-order valence-corrected chi connectivity index (χ1v) is 6.56. The maximum Gasteiger partial charge on any atom is 0.191 e. The van der Waals surface area contributed by atoms with Gasteiger partial charge in [-0.3, -0.25) is 4.99 Å². The molecule has 2 heterocycles. The summed E-state index contributed by atoms with van der Waals surface area (Å²) in [5.41, 5.74) is 5.22. The molecule has 2 aliphatic rings. The van der Waals surface area contributed by atoms with Gasteiger partial charge in [0.15, 0.2) is 5.96 Å².